The van der Waals surface area contributed by atoms with Gasteiger partial charge in [0.15, 0.2) is 0 Å². The number of aryl methyl sites for hydroxylation is 2. The van der Waals surface area contributed by atoms with E-state index in [2.05, 4.69) is 4.98 Å². The number of aliphatic hydroxyl groups excluding tert-OH is 1. The van der Waals surface area contributed by atoms with Crippen molar-refractivity contribution in [3.63, 3.8) is 0 Å². The Balaban J connectivity index is 1.74. The van der Waals surface area contributed by atoms with Crippen molar-refractivity contribution in [1.82, 2.24) is 14.5 Å². The highest BCUT2D eigenvalue weighted by molar-refractivity contribution is 6.46. The number of Topliss-reactive ketones (excluding diaryl/α,β-unsaturated/α-hetero) is 1. The lowest BCUT2D eigenvalue weighted by atomic mass is 9.95. The molecule has 2 aromatic carbocycles. The van der Waals surface area contributed by atoms with Crippen molar-refractivity contribution >= 4 is 23.1 Å². The van der Waals surface area contributed by atoms with Crippen LogP contribution in [0.4, 0.5) is 5.69 Å². The van der Waals surface area contributed by atoms with Crippen molar-refractivity contribution in [3.05, 3.63) is 99.6 Å². The molecule has 1 saturated heterocycles. The van der Waals surface area contributed by atoms with E-state index in [1.54, 1.807) is 43.0 Å². The van der Waals surface area contributed by atoms with Gasteiger partial charge in [0.05, 0.1) is 22.9 Å². The zero-order chi connectivity index (χ0) is 23.5. The molecule has 1 aliphatic rings. The van der Waals surface area contributed by atoms with Crippen LogP contribution >= 0.6 is 0 Å². The Morgan fingerprint density at radius 2 is 1.79 bits per heavy atom. The smallest absolute Gasteiger partial charge is 0.295 e. The van der Waals surface area contributed by atoms with E-state index in [1.165, 1.54) is 29.2 Å². The monoisotopic (exact) mass is 446 g/mol. The molecule has 33 heavy (non-hydrogen) atoms. The third kappa shape index (κ3) is 4.38. The molecule has 1 unspecified atom stereocenters. The number of amides is 1. The Morgan fingerprint density at radius 1 is 1.09 bits per heavy atom. The molecule has 1 N–H and O–H groups in total. The average Bonchev–Trinajstić information content (AvgIpc) is 3.41. The fourth-order valence-electron chi connectivity index (χ4n) is 3.95. The Kier molecular flexibility index (Phi) is 6.03. The molecule has 1 aliphatic heterocycles. The standard InChI is InChI=1S/C24H22N4O5/c1-16-3-5-18(6-4-16)22(29)20-21(17-7-9-19(10-8-17)28(32)33)27(24(31)23(20)30)13-2-12-26-14-11-25-15-26/h3-11,14-15,21,29H,2,12-13H2,1H3/b22-20+. The lowest BCUT2D eigenvalue weighted by molar-refractivity contribution is -0.384. The molecule has 0 saturated carbocycles. The first kappa shape index (κ1) is 21.9. The summed E-state index contributed by atoms with van der Waals surface area (Å²) in [7, 11) is 0. The van der Waals surface area contributed by atoms with Gasteiger partial charge in [-0.15, -0.1) is 0 Å². The molecular weight excluding hydrogens is 424 g/mol. The first-order valence-corrected chi connectivity index (χ1v) is 10.4. The second-order valence-corrected chi connectivity index (χ2v) is 7.86. The molecule has 0 spiro atoms. The predicted molar refractivity (Wildman–Crippen MR) is 120 cm³/mol. The number of nitro groups is 1. The minimum absolute atomic E-state index is 0.0275. The average molecular weight is 446 g/mol. The zero-order valence-corrected chi connectivity index (χ0v) is 17.9. The van der Waals surface area contributed by atoms with Crippen LogP contribution in [0, 0.1) is 17.0 Å². The second-order valence-electron chi connectivity index (χ2n) is 7.86. The molecule has 1 amide bonds. The maximum Gasteiger partial charge on any atom is 0.295 e. The summed E-state index contributed by atoms with van der Waals surface area (Å²) in [5.74, 6) is -1.76. The van der Waals surface area contributed by atoms with Crippen LogP contribution in [0.2, 0.25) is 0 Å². The first-order chi connectivity index (χ1) is 15.9. The fraction of sp³-hybridized carbons (Fsp3) is 0.208. The van der Waals surface area contributed by atoms with Crippen LogP contribution in [0.15, 0.2) is 72.8 Å². The van der Waals surface area contributed by atoms with Gasteiger partial charge < -0.3 is 14.6 Å². The summed E-state index contributed by atoms with van der Waals surface area (Å²) in [4.78, 5) is 41.9. The Labute approximate surface area is 189 Å². The normalized spacial score (nSPS) is 17.5. The quantitative estimate of drug-likeness (QED) is 0.195. The highest BCUT2D eigenvalue weighted by Gasteiger charge is 2.45. The summed E-state index contributed by atoms with van der Waals surface area (Å²) >= 11 is 0. The number of nitro benzene ring substituents is 1. The van der Waals surface area contributed by atoms with Crippen molar-refractivity contribution in [2.24, 2.45) is 0 Å². The van der Waals surface area contributed by atoms with Crippen molar-refractivity contribution in [2.75, 3.05) is 6.54 Å². The second kappa shape index (κ2) is 9.07. The third-order valence-electron chi connectivity index (χ3n) is 5.66. The molecule has 9 heteroatoms. The molecule has 1 fully saturated rings. The summed E-state index contributed by atoms with van der Waals surface area (Å²) in [5.41, 5.74) is 1.79. The summed E-state index contributed by atoms with van der Waals surface area (Å²) in [6, 6.07) is 11.8. The highest BCUT2D eigenvalue weighted by atomic mass is 16.6. The molecule has 0 bridgehead atoms. The minimum Gasteiger partial charge on any atom is -0.507 e. The van der Waals surface area contributed by atoms with Gasteiger partial charge in [0.2, 0.25) is 0 Å². The Bertz CT molecular complexity index is 1210. The molecule has 0 radical (unpaired) electrons. The van der Waals surface area contributed by atoms with Gasteiger partial charge >= 0.3 is 0 Å². The van der Waals surface area contributed by atoms with Gasteiger partial charge in [-0.1, -0.05) is 29.8 Å². The Hall–Kier alpha value is -4.27. The van der Waals surface area contributed by atoms with Crippen LogP contribution in [-0.4, -0.2) is 42.7 Å². The van der Waals surface area contributed by atoms with Gasteiger partial charge in [0.1, 0.15) is 5.76 Å². The SMILES string of the molecule is Cc1ccc(/C(O)=C2\C(=O)C(=O)N(CCCn3ccnc3)C2c2ccc([N+](=O)[O-])cc2)cc1. The van der Waals surface area contributed by atoms with Crippen molar-refractivity contribution < 1.29 is 19.6 Å². The number of aliphatic hydroxyl groups is 1. The number of ketones is 1. The van der Waals surface area contributed by atoms with Crippen LogP contribution in [-0.2, 0) is 16.1 Å². The van der Waals surface area contributed by atoms with E-state index >= 15 is 0 Å². The van der Waals surface area contributed by atoms with E-state index in [0.29, 0.717) is 24.1 Å². The molecule has 9 nitrogen and oxygen atoms in total. The first-order valence-electron chi connectivity index (χ1n) is 10.4. The number of hydrogen-bond donors (Lipinski definition) is 1. The molecule has 4 rings (SSSR count). The molecule has 2 heterocycles. The maximum atomic E-state index is 13.0. The summed E-state index contributed by atoms with van der Waals surface area (Å²) in [6.45, 7) is 2.75. The summed E-state index contributed by atoms with van der Waals surface area (Å²) < 4.78 is 1.86. The van der Waals surface area contributed by atoms with E-state index in [1.807, 2.05) is 11.5 Å². The number of carbonyl (C=O) groups excluding carboxylic acids is 2. The van der Waals surface area contributed by atoms with E-state index in [-0.39, 0.29) is 23.6 Å². The van der Waals surface area contributed by atoms with Gasteiger partial charge in [-0.2, -0.15) is 0 Å². The molecule has 1 atom stereocenters. The van der Waals surface area contributed by atoms with Crippen LogP contribution in [0.25, 0.3) is 5.76 Å². The largest absolute Gasteiger partial charge is 0.507 e. The number of likely N-dealkylation sites (tertiary alicyclic amines) is 1. The highest BCUT2D eigenvalue weighted by Crippen LogP contribution is 2.39. The van der Waals surface area contributed by atoms with E-state index < -0.39 is 22.7 Å². The van der Waals surface area contributed by atoms with E-state index in [0.717, 1.165) is 5.56 Å². The van der Waals surface area contributed by atoms with Crippen molar-refractivity contribution in [3.8, 4) is 0 Å². The van der Waals surface area contributed by atoms with Gasteiger partial charge in [-0.3, -0.25) is 19.7 Å². The van der Waals surface area contributed by atoms with Crippen LogP contribution in [0.3, 0.4) is 0 Å². The molecule has 0 aliphatic carbocycles. The topological polar surface area (TPSA) is 119 Å². The van der Waals surface area contributed by atoms with E-state index in [9.17, 15) is 24.8 Å². The van der Waals surface area contributed by atoms with Gasteiger partial charge in [0, 0.05) is 43.2 Å². The molecular formula is C24H22N4O5. The van der Waals surface area contributed by atoms with Crippen LogP contribution in [0.1, 0.15) is 29.2 Å². The number of rotatable bonds is 7. The van der Waals surface area contributed by atoms with Crippen molar-refractivity contribution in [1.29, 1.82) is 0 Å². The van der Waals surface area contributed by atoms with Crippen LogP contribution in [0.5, 0.6) is 0 Å². The van der Waals surface area contributed by atoms with Gasteiger partial charge in [0.25, 0.3) is 17.4 Å². The summed E-state index contributed by atoms with van der Waals surface area (Å²) in [6.07, 6.45) is 5.68. The lowest BCUT2D eigenvalue weighted by Gasteiger charge is -2.25. The number of aromatic nitrogens is 2. The number of nitrogens with zero attached hydrogens (tertiary/aromatic N) is 4. The number of benzene rings is 2. The predicted octanol–water partition coefficient (Wildman–Crippen LogP) is 3.61. The van der Waals surface area contributed by atoms with Crippen LogP contribution < -0.4 is 0 Å². The number of imidazole rings is 1. The number of non-ortho nitro benzene ring substituents is 1. The molecule has 168 valence electrons. The Morgan fingerprint density at radius 3 is 2.39 bits per heavy atom. The number of carbonyl (C=O) groups is 2. The lowest BCUT2D eigenvalue weighted by Crippen LogP contribution is -2.31. The maximum absolute atomic E-state index is 13.0. The zero-order valence-electron chi connectivity index (χ0n) is 17.9. The molecule has 3 aromatic rings. The number of hydrogen-bond acceptors (Lipinski definition) is 6. The van der Waals surface area contributed by atoms with Crippen molar-refractivity contribution in [2.45, 2.75) is 25.9 Å². The summed E-state index contributed by atoms with van der Waals surface area (Å²) in [5, 5.41) is 22.1. The van der Waals surface area contributed by atoms with Gasteiger partial charge in [-0.25, -0.2) is 4.98 Å². The molecule has 1 aromatic heterocycles. The minimum atomic E-state index is -0.852. The van der Waals surface area contributed by atoms with E-state index in [4.69, 9.17) is 0 Å². The third-order valence-corrected chi connectivity index (χ3v) is 5.66. The van der Waals surface area contributed by atoms with Gasteiger partial charge in [-0.05, 0) is 31.0 Å². The fourth-order valence-corrected chi connectivity index (χ4v) is 3.95.